The molecule has 1 fully saturated rings. The van der Waals surface area contributed by atoms with Crippen molar-refractivity contribution in [1.82, 2.24) is 20.0 Å². The predicted octanol–water partition coefficient (Wildman–Crippen LogP) is 7.29. The number of aliphatic hydroxyl groups is 1. The van der Waals surface area contributed by atoms with E-state index >= 15 is 0 Å². The summed E-state index contributed by atoms with van der Waals surface area (Å²) in [6.45, 7) is 7.62. The SMILES string of the molecule is CC(C)(C)OC(=O)N(CCC(=O)NCCCNc1cc(CO)cc2c1cnn2C1CCCCO1)Cc1ccc(-c2ccccc2)c(Cl)c1. The second-order valence-corrected chi connectivity index (χ2v) is 13.5. The number of amides is 2. The second-order valence-electron chi connectivity index (χ2n) is 13.1. The van der Waals surface area contributed by atoms with Crippen LogP contribution in [0.2, 0.25) is 5.02 Å². The summed E-state index contributed by atoms with van der Waals surface area (Å²) in [6.07, 6.45) is 5.12. The number of ether oxygens (including phenoxy) is 2. The molecule has 1 aromatic heterocycles. The Morgan fingerprint density at radius 3 is 2.60 bits per heavy atom. The largest absolute Gasteiger partial charge is 0.444 e. The Kier molecular flexibility index (Phi) is 12.0. The minimum atomic E-state index is -0.677. The van der Waals surface area contributed by atoms with Crippen LogP contribution in [-0.2, 0) is 27.4 Å². The Morgan fingerprint density at radius 1 is 1.08 bits per heavy atom. The number of aliphatic hydroxyl groups excluding tert-OH is 1. The van der Waals surface area contributed by atoms with Crippen molar-refractivity contribution in [2.75, 3.05) is 31.6 Å². The molecule has 48 heavy (non-hydrogen) atoms. The van der Waals surface area contributed by atoms with Crippen LogP contribution in [-0.4, -0.2) is 63.6 Å². The summed E-state index contributed by atoms with van der Waals surface area (Å²) in [7, 11) is 0. The highest BCUT2D eigenvalue weighted by molar-refractivity contribution is 6.33. The highest BCUT2D eigenvalue weighted by Crippen LogP contribution is 2.32. The lowest BCUT2D eigenvalue weighted by Crippen LogP contribution is -2.39. The first-order chi connectivity index (χ1) is 23.1. The number of fused-ring (bicyclic) bond motifs is 1. The number of hydrogen-bond acceptors (Lipinski definition) is 7. The molecule has 1 unspecified atom stereocenters. The number of aromatic nitrogens is 2. The van der Waals surface area contributed by atoms with Crippen LogP contribution in [0.4, 0.5) is 10.5 Å². The van der Waals surface area contributed by atoms with Gasteiger partial charge in [-0.3, -0.25) is 4.79 Å². The standard InChI is InChI=1S/C37H46ClN5O5/c1-37(2,3)48-36(46)42(24-26-13-14-29(31(38)20-26)28-10-5-4-6-11-28)18-15-34(45)40-17-9-16-39-32-21-27(25-44)22-33-30(32)23-41-43(33)35-12-7-8-19-47-35/h4-6,10-11,13-14,20-23,35,39,44H,7-9,12,15-19,24-25H2,1-3H3,(H,40,45). The third kappa shape index (κ3) is 9.49. The van der Waals surface area contributed by atoms with Gasteiger partial charge in [-0.25, -0.2) is 9.48 Å². The molecule has 0 bridgehead atoms. The molecule has 0 saturated carbocycles. The van der Waals surface area contributed by atoms with Crippen molar-refractivity contribution in [3.63, 3.8) is 0 Å². The minimum absolute atomic E-state index is 0.0796. The second kappa shape index (κ2) is 16.3. The van der Waals surface area contributed by atoms with Crippen molar-refractivity contribution in [2.24, 2.45) is 0 Å². The topological polar surface area (TPSA) is 118 Å². The highest BCUT2D eigenvalue weighted by atomic mass is 35.5. The van der Waals surface area contributed by atoms with Crippen LogP contribution in [0.25, 0.3) is 22.0 Å². The molecule has 5 rings (SSSR count). The van der Waals surface area contributed by atoms with Crippen molar-refractivity contribution in [3.05, 3.63) is 83.0 Å². The number of rotatable bonds is 13. The number of carbonyl (C=O) groups is 2. The van der Waals surface area contributed by atoms with Crippen LogP contribution in [0.15, 0.2) is 66.9 Å². The molecule has 2 amide bonds. The first kappa shape index (κ1) is 35.2. The molecule has 0 aliphatic carbocycles. The monoisotopic (exact) mass is 675 g/mol. The van der Waals surface area contributed by atoms with Crippen molar-refractivity contribution in [2.45, 2.75) is 77.9 Å². The van der Waals surface area contributed by atoms with Crippen LogP contribution in [0.5, 0.6) is 0 Å². The Bertz CT molecular complexity index is 1680. The predicted molar refractivity (Wildman–Crippen MR) is 189 cm³/mol. The van der Waals surface area contributed by atoms with Crippen molar-refractivity contribution < 1.29 is 24.2 Å². The van der Waals surface area contributed by atoms with Crippen LogP contribution in [0, 0.1) is 0 Å². The zero-order valence-corrected chi connectivity index (χ0v) is 28.8. The molecule has 1 aliphatic rings. The highest BCUT2D eigenvalue weighted by Gasteiger charge is 2.24. The summed E-state index contributed by atoms with van der Waals surface area (Å²) in [5.74, 6) is -0.153. The summed E-state index contributed by atoms with van der Waals surface area (Å²) < 4.78 is 13.5. The maximum absolute atomic E-state index is 13.1. The molecular weight excluding hydrogens is 630 g/mol. The van der Waals surface area contributed by atoms with Gasteiger partial charge in [0.1, 0.15) is 5.60 Å². The van der Waals surface area contributed by atoms with E-state index in [1.165, 1.54) is 4.90 Å². The van der Waals surface area contributed by atoms with Gasteiger partial charge in [0.05, 0.1) is 18.3 Å². The van der Waals surface area contributed by atoms with Gasteiger partial charge in [0.2, 0.25) is 5.91 Å². The molecule has 2 heterocycles. The molecule has 4 aromatic rings. The van der Waals surface area contributed by atoms with Gasteiger partial charge in [-0.2, -0.15) is 5.10 Å². The van der Waals surface area contributed by atoms with E-state index in [0.717, 1.165) is 64.7 Å². The van der Waals surface area contributed by atoms with Gasteiger partial charge in [0, 0.05) is 60.9 Å². The van der Waals surface area contributed by atoms with E-state index < -0.39 is 11.7 Å². The van der Waals surface area contributed by atoms with E-state index in [9.17, 15) is 14.7 Å². The third-order valence-corrected chi connectivity index (χ3v) is 8.44. The summed E-state index contributed by atoms with van der Waals surface area (Å²) >= 11 is 6.64. The molecule has 0 radical (unpaired) electrons. The zero-order valence-electron chi connectivity index (χ0n) is 28.0. The fraction of sp³-hybridized carbons (Fsp3) is 0.432. The first-order valence-corrected chi connectivity index (χ1v) is 17.0. The number of nitrogens with zero attached hydrogens (tertiary/aromatic N) is 3. The summed E-state index contributed by atoms with van der Waals surface area (Å²) in [5, 5.41) is 22.5. The number of hydrogen-bond donors (Lipinski definition) is 3. The van der Waals surface area contributed by atoms with Gasteiger partial charge in [-0.15, -0.1) is 0 Å². The maximum atomic E-state index is 13.1. The molecule has 11 heteroatoms. The Hall–Kier alpha value is -4.12. The van der Waals surface area contributed by atoms with Gasteiger partial charge in [0.25, 0.3) is 0 Å². The summed E-state index contributed by atoms with van der Waals surface area (Å²) in [5.41, 5.74) is 4.69. The van der Waals surface area contributed by atoms with Crippen LogP contribution >= 0.6 is 11.6 Å². The van der Waals surface area contributed by atoms with E-state index in [1.807, 2.05) is 92.3 Å². The minimum Gasteiger partial charge on any atom is -0.444 e. The molecule has 10 nitrogen and oxygen atoms in total. The smallest absolute Gasteiger partial charge is 0.410 e. The van der Waals surface area contributed by atoms with Gasteiger partial charge in [-0.1, -0.05) is 54.1 Å². The van der Waals surface area contributed by atoms with Gasteiger partial charge in [-0.05, 0) is 81.3 Å². The van der Waals surface area contributed by atoms with Crippen LogP contribution in [0.3, 0.4) is 0 Å². The number of halogens is 1. The van der Waals surface area contributed by atoms with Gasteiger partial charge in [0.15, 0.2) is 6.23 Å². The first-order valence-electron chi connectivity index (χ1n) is 16.7. The maximum Gasteiger partial charge on any atom is 0.410 e. The quantitative estimate of drug-likeness (QED) is 0.127. The molecule has 1 saturated heterocycles. The van der Waals surface area contributed by atoms with E-state index in [1.54, 1.807) is 0 Å². The van der Waals surface area contributed by atoms with Crippen molar-refractivity contribution in [1.29, 1.82) is 0 Å². The van der Waals surface area contributed by atoms with Crippen LogP contribution < -0.4 is 10.6 Å². The number of carbonyl (C=O) groups excluding carboxylic acids is 2. The molecule has 256 valence electrons. The van der Waals surface area contributed by atoms with Gasteiger partial charge >= 0.3 is 6.09 Å². The number of benzene rings is 3. The number of nitrogens with one attached hydrogen (secondary N) is 2. The fourth-order valence-electron chi connectivity index (χ4n) is 5.74. The average molecular weight is 676 g/mol. The van der Waals surface area contributed by atoms with Gasteiger partial charge < -0.3 is 30.1 Å². The summed E-state index contributed by atoms with van der Waals surface area (Å²) in [4.78, 5) is 27.5. The molecular formula is C37H46ClN5O5. The van der Waals surface area contributed by atoms with E-state index in [0.29, 0.717) is 24.5 Å². The molecule has 1 aliphatic heterocycles. The van der Waals surface area contributed by atoms with Crippen LogP contribution in [0.1, 0.15) is 70.2 Å². The third-order valence-electron chi connectivity index (χ3n) is 8.13. The fourth-order valence-corrected chi connectivity index (χ4v) is 6.05. The lowest BCUT2D eigenvalue weighted by molar-refractivity contribution is -0.121. The lowest BCUT2D eigenvalue weighted by atomic mass is 10.0. The summed E-state index contributed by atoms with van der Waals surface area (Å²) in [6, 6.07) is 19.5. The Balaban J connectivity index is 1.13. The Labute approximate surface area is 287 Å². The Morgan fingerprint density at radius 2 is 1.90 bits per heavy atom. The molecule has 1 atom stereocenters. The molecule has 3 aromatic carbocycles. The molecule has 0 spiro atoms. The van der Waals surface area contributed by atoms with E-state index in [-0.39, 0.29) is 38.3 Å². The average Bonchev–Trinajstić information content (AvgIpc) is 3.50. The van der Waals surface area contributed by atoms with Crippen molar-refractivity contribution in [3.8, 4) is 11.1 Å². The molecule has 3 N–H and O–H groups in total. The lowest BCUT2D eigenvalue weighted by Gasteiger charge is -2.27. The van der Waals surface area contributed by atoms with E-state index in [4.69, 9.17) is 21.1 Å². The van der Waals surface area contributed by atoms with E-state index in [2.05, 4.69) is 15.7 Å². The zero-order chi connectivity index (χ0) is 34.1. The normalized spacial score (nSPS) is 14.9. The van der Waals surface area contributed by atoms with Crippen molar-refractivity contribution >= 4 is 40.2 Å². The number of anilines is 1.